The van der Waals surface area contributed by atoms with E-state index >= 15 is 0 Å². The highest BCUT2D eigenvalue weighted by atomic mass is 32.2. The number of thioether (sulfide) groups is 1. The molecule has 1 rings (SSSR count). The first-order valence-corrected chi connectivity index (χ1v) is 7.77. The second-order valence-corrected chi connectivity index (χ2v) is 6.37. The lowest BCUT2D eigenvalue weighted by atomic mass is 9.78. The Morgan fingerprint density at radius 1 is 1.35 bits per heavy atom. The molecule has 0 aliphatic heterocycles. The van der Waals surface area contributed by atoms with Gasteiger partial charge in [0.2, 0.25) is 0 Å². The minimum atomic E-state index is -0.651. The molecule has 0 spiro atoms. The monoisotopic (exact) mass is 259 g/mol. The summed E-state index contributed by atoms with van der Waals surface area (Å²) in [6, 6.07) is 0. The number of hydrogen-bond acceptors (Lipinski definition) is 3. The molecule has 0 radical (unpaired) electrons. The molecule has 1 aliphatic carbocycles. The first-order valence-electron chi connectivity index (χ1n) is 6.61. The summed E-state index contributed by atoms with van der Waals surface area (Å²) in [6.45, 7) is 3.17. The molecular weight excluding hydrogens is 234 g/mol. The van der Waals surface area contributed by atoms with E-state index < -0.39 is 5.97 Å². The third-order valence-electron chi connectivity index (χ3n) is 3.85. The van der Waals surface area contributed by atoms with Crippen LogP contribution in [0.25, 0.3) is 0 Å². The third-order valence-corrected chi connectivity index (χ3v) is 4.73. The Labute approximate surface area is 109 Å². The fraction of sp³-hybridized carbons (Fsp3) is 0.923. The lowest BCUT2D eigenvalue weighted by molar-refractivity contribution is -0.141. The van der Waals surface area contributed by atoms with E-state index in [9.17, 15) is 4.79 Å². The zero-order chi connectivity index (χ0) is 12.7. The van der Waals surface area contributed by atoms with Gasteiger partial charge in [-0.05, 0) is 25.6 Å². The fourth-order valence-electron chi connectivity index (χ4n) is 2.77. The van der Waals surface area contributed by atoms with Crippen molar-refractivity contribution < 1.29 is 9.90 Å². The van der Waals surface area contributed by atoms with Crippen molar-refractivity contribution in [3.8, 4) is 0 Å². The summed E-state index contributed by atoms with van der Waals surface area (Å²) in [6.07, 6.45) is 6.02. The molecule has 4 heteroatoms. The molecular formula is C13H25NO2S. The zero-order valence-electron chi connectivity index (χ0n) is 11.1. The summed E-state index contributed by atoms with van der Waals surface area (Å²) in [5.41, 5.74) is -0.0710. The first-order chi connectivity index (χ1) is 8.10. The van der Waals surface area contributed by atoms with Gasteiger partial charge in [-0.15, -0.1) is 0 Å². The van der Waals surface area contributed by atoms with Crippen molar-refractivity contribution >= 4 is 17.7 Å². The van der Waals surface area contributed by atoms with E-state index in [1.807, 2.05) is 11.8 Å². The Morgan fingerprint density at radius 2 is 2.00 bits per heavy atom. The highest BCUT2D eigenvalue weighted by molar-refractivity contribution is 7.99. The summed E-state index contributed by atoms with van der Waals surface area (Å²) in [5, 5.41) is 9.12. The smallest absolute Gasteiger partial charge is 0.305 e. The summed E-state index contributed by atoms with van der Waals surface area (Å²) >= 11 is 1.93. The van der Waals surface area contributed by atoms with E-state index in [2.05, 4.69) is 18.9 Å². The minimum absolute atomic E-state index is 0.0710. The Bertz CT molecular complexity index is 240. The highest BCUT2D eigenvalue weighted by Gasteiger charge is 2.37. The molecule has 0 unspecified atom stereocenters. The molecule has 1 N–H and O–H groups in total. The van der Waals surface area contributed by atoms with Crippen molar-refractivity contribution in [3.63, 3.8) is 0 Å². The zero-order valence-corrected chi connectivity index (χ0v) is 11.9. The fourth-order valence-corrected chi connectivity index (χ4v) is 3.46. The quantitative estimate of drug-likeness (QED) is 0.714. The highest BCUT2D eigenvalue weighted by Crippen LogP contribution is 2.35. The molecule has 0 saturated heterocycles. The van der Waals surface area contributed by atoms with Crippen LogP contribution in [0.2, 0.25) is 0 Å². The van der Waals surface area contributed by atoms with Crippen molar-refractivity contribution in [1.82, 2.24) is 4.90 Å². The third kappa shape index (κ3) is 4.51. The van der Waals surface area contributed by atoms with Crippen molar-refractivity contribution in [2.24, 2.45) is 0 Å². The van der Waals surface area contributed by atoms with Crippen LogP contribution in [0.5, 0.6) is 0 Å². The number of carbonyl (C=O) groups is 1. The van der Waals surface area contributed by atoms with Gasteiger partial charge in [-0.25, -0.2) is 0 Å². The number of aliphatic carboxylic acids is 1. The molecule has 0 bridgehead atoms. The van der Waals surface area contributed by atoms with Crippen molar-refractivity contribution in [2.45, 2.75) is 51.0 Å². The number of hydrogen-bond donors (Lipinski definition) is 1. The van der Waals surface area contributed by atoms with E-state index in [1.165, 1.54) is 19.3 Å². The van der Waals surface area contributed by atoms with Crippen molar-refractivity contribution in [2.75, 3.05) is 25.1 Å². The van der Waals surface area contributed by atoms with Gasteiger partial charge in [0, 0.05) is 17.8 Å². The maximum atomic E-state index is 11.1. The van der Waals surface area contributed by atoms with Gasteiger partial charge in [-0.2, -0.15) is 11.8 Å². The minimum Gasteiger partial charge on any atom is -0.481 e. The summed E-state index contributed by atoms with van der Waals surface area (Å²) < 4.78 is 0. The standard InChI is InChI=1S/C13H25NO2S/c1-3-17-10-9-14(2)13(11-12(15)16)7-5-4-6-8-13/h3-11H2,1-2H3,(H,15,16). The summed E-state index contributed by atoms with van der Waals surface area (Å²) in [4.78, 5) is 13.4. The van der Waals surface area contributed by atoms with E-state index in [4.69, 9.17) is 5.11 Å². The molecule has 0 aromatic rings. The summed E-state index contributed by atoms with van der Waals surface area (Å²) in [5.74, 6) is 1.59. The van der Waals surface area contributed by atoms with Crippen LogP contribution >= 0.6 is 11.8 Å². The Balaban J connectivity index is 2.57. The van der Waals surface area contributed by atoms with Gasteiger partial charge in [-0.3, -0.25) is 9.69 Å². The molecule has 1 fully saturated rings. The van der Waals surface area contributed by atoms with Crippen LogP contribution in [0.1, 0.15) is 45.4 Å². The lowest BCUT2D eigenvalue weighted by Crippen LogP contribution is -2.50. The maximum absolute atomic E-state index is 11.1. The predicted molar refractivity (Wildman–Crippen MR) is 73.7 cm³/mol. The molecule has 0 aromatic heterocycles. The molecule has 1 aliphatic rings. The molecule has 17 heavy (non-hydrogen) atoms. The second-order valence-electron chi connectivity index (χ2n) is 4.97. The van der Waals surface area contributed by atoms with Crippen LogP contribution in [0, 0.1) is 0 Å². The van der Waals surface area contributed by atoms with Crippen LogP contribution < -0.4 is 0 Å². The topological polar surface area (TPSA) is 40.5 Å². The molecule has 0 atom stereocenters. The molecule has 1 saturated carbocycles. The van der Waals surface area contributed by atoms with Crippen LogP contribution in [-0.2, 0) is 4.79 Å². The van der Waals surface area contributed by atoms with Crippen molar-refractivity contribution in [1.29, 1.82) is 0 Å². The van der Waals surface area contributed by atoms with E-state index in [-0.39, 0.29) is 5.54 Å². The van der Waals surface area contributed by atoms with Gasteiger partial charge in [-0.1, -0.05) is 26.2 Å². The Morgan fingerprint density at radius 3 is 2.53 bits per heavy atom. The SMILES string of the molecule is CCSCCN(C)C1(CC(=O)O)CCCCC1. The van der Waals surface area contributed by atoms with Gasteiger partial charge < -0.3 is 5.11 Å². The second kappa shape index (κ2) is 7.27. The van der Waals surface area contributed by atoms with Crippen LogP contribution in [-0.4, -0.2) is 46.6 Å². The van der Waals surface area contributed by atoms with E-state index in [0.717, 1.165) is 30.9 Å². The molecule has 3 nitrogen and oxygen atoms in total. The van der Waals surface area contributed by atoms with Gasteiger partial charge in [0.05, 0.1) is 6.42 Å². The van der Waals surface area contributed by atoms with E-state index in [1.54, 1.807) is 0 Å². The van der Waals surface area contributed by atoms with Gasteiger partial charge in [0.25, 0.3) is 0 Å². The van der Waals surface area contributed by atoms with E-state index in [0.29, 0.717) is 6.42 Å². The Hall–Kier alpha value is -0.220. The van der Waals surface area contributed by atoms with Gasteiger partial charge in [0.1, 0.15) is 0 Å². The van der Waals surface area contributed by atoms with Crippen molar-refractivity contribution in [3.05, 3.63) is 0 Å². The van der Waals surface area contributed by atoms with Gasteiger partial charge >= 0.3 is 5.97 Å². The largest absolute Gasteiger partial charge is 0.481 e. The average Bonchev–Trinajstić information content (AvgIpc) is 2.29. The first kappa shape index (κ1) is 14.8. The molecule has 0 heterocycles. The lowest BCUT2D eigenvalue weighted by Gasteiger charge is -2.44. The maximum Gasteiger partial charge on any atom is 0.305 e. The van der Waals surface area contributed by atoms with Crippen LogP contribution in [0.15, 0.2) is 0 Å². The van der Waals surface area contributed by atoms with Crippen LogP contribution in [0.4, 0.5) is 0 Å². The predicted octanol–water partition coefficient (Wildman–Crippen LogP) is 2.85. The normalized spacial score (nSPS) is 19.5. The Kier molecular flexibility index (Phi) is 6.34. The van der Waals surface area contributed by atoms with Crippen LogP contribution in [0.3, 0.4) is 0 Å². The van der Waals surface area contributed by atoms with Gasteiger partial charge in [0.15, 0.2) is 0 Å². The number of rotatable bonds is 7. The summed E-state index contributed by atoms with van der Waals surface area (Å²) in [7, 11) is 2.10. The average molecular weight is 259 g/mol. The molecule has 0 aromatic carbocycles. The molecule has 100 valence electrons. The number of carboxylic acid groups (broad SMARTS) is 1. The number of carboxylic acids is 1. The molecule has 0 amide bonds. The number of nitrogens with zero attached hydrogens (tertiary/aromatic N) is 1.